The topological polar surface area (TPSA) is 9.23 Å². The third kappa shape index (κ3) is 3.53. The first-order valence-electron chi connectivity index (χ1n) is 4.89. The van der Waals surface area contributed by atoms with Crippen LogP contribution in [-0.4, -0.2) is 7.11 Å². The van der Waals surface area contributed by atoms with Crippen molar-refractivity contribution in [2.75, 3.05) is 7.11 Å². The van der Waals surface area contributed by atoms with Gasteiger partial charge in [0.05, 0.1) is 7.11 Å². The maximum atomic E-state index is 6.77. The van der Waals surface area contributed by atoms with Gasteiger partial charge in [-0.15, -0.1) is 0 Å². The highest BCUT2D eigenvalue weighted by Gasteiger charge is 1.94. The Labute approximate surface area is 86.1 Å². The van der Waals surface area contributed by atoms with Crippen LogP contribution in [0.2, 0.25) is 0 Å². The van der Waals surface area contributed by atoms with Crippen molar-refractivity contribution in [1.29, 1.82) is 0 Å². The lowest BCUT2D eigenvalue weighted by Crippen LogP contribution is -1.87. The number of rotatable bonds is 5. The van der Waals surface area contributed by atoms with Crippen LogP contribution in [0.1, 0.15) is 24.8 Å². The van der Waals surface area contributed by atoms with Crippen molar-refractivity contribution in [3.8, 4) is 11.7 Å². The van der Waals surface area contributed by atoms with Gasteiger partial charge in [-0.2, -0.15) is 0 Å². The van der Waals surface area contributed by atoms with E-state index >= 15 is 0 Å². The van der Waals surface area contributed by atoms with Gasteiger partial charge in [0.25, 0.3) is 0 Å². The monoisotopic (exact) mass is 187 g/mol. The fourth-order valence-electron chi connectivity index (χ4n) is 1.33. The van der Waals surface area contributed by atoms with E-state index < -0.39 is 0 Å². The quantitative estimate of drug-likeness (QED) is 0.508. The highest BCUT2D eigenvalue weighted by Crippen LogP contribution is 2.13. The minimum Gasteiger partial charge on any atom is -0.497 e. The summed E-state index contributed by atoms with van der Waals surface area (Å²) in [4.78, 5) is 0. The van der Waals surface area contributed by atoms with E-state index in [1.165, 1.54) is 5.56 Å². The predicted octanol–water partition coefficient (Wildman–Crippen LogP) is 3.00. The lowest BCUT2D eigenvalue weighted by atomic mass is 10.1. The Morgan fingerprint density at radius 3 is 2.50 bits per heavy atom. The van der Waals surface area contributed by atoms with Crippen LogP contribution in [0, 0.1) is 12.3 Å². The molecule has 1 rings (SSSR count). The molecule has 0 heterocycles. The molecule has 0 amide bonds. The first kappa shape index (κ1) is 10.7. The normalized spacial score (nSPS) is 9.43. The Morgan fingerprint density at radius 1 is 1.21 bits per heavy atom. The minimum atomic E-state index is 0.774. The predicted molar refractivity (Wildman–Crippen MR) is 57.7 cm³/mol. The van der Waals surface area contributed by atoms with Gasteiger partial charge in [0.2, 0.25) is 0 Å². The Bertz CT molecular complexity index is 292. The summed E-state index contributed by atoms with van der Waals surface area (Å²) >= 11 is 0. The zero-order valence-electron chi connectivity index (χ0n) is 8.55. The molecule has 0 aliphatic carbocycles. The van der Waals surface area contributed by atoms with E-state index in [0.29, 0.717) is 0 Å². The van der Waals surface area contributed by atoms with Crippen molar-refractivity contribution in [3.05, 3.63) is 36.3 Å². The second-order valence-corrected chi connectivity index (χ2v) is 3.23. The zero-order chi connectivity index (χ0) is 10.2. The van der Waals surface area contributed by atoms with E-state index in [2.05, 4.69) is 18.1 Å². The molecule has 1 aromatic rings. The molecule has 0 aromatic heterocycles. The van der Waals surface area contributed by atoms with Gasteiger partial charge in [-0.05, 0) is 43.4 Å². The average Bonchev–Trinajstić information content (AvgIpc) is 2.25. The molecule has 0 bridgehead atoms. The zero-order valence-corrected chi connectivity index (χ0v) is 8.55. The van der Waals surface area contributed by atoms with Crippen molar-refractivity contribution < 1.29 is 4.74 Å². The van der Waals surface area contributed by atoms with Gasteiger partial charge in [-0.25, -0.2) is 0 Å². The third-order valence-corrected chi connectivity index (χ3v) is 2.18. The van der Waals surface area contributed by atoms with E-state index in [-0.39, 0.29) is 0 Å². The smallest absolute Gasteiger partial charge is 0.118 e. The van der Waals surface area contributed by atoms with Gasteiger partial charge in [0, 0.05) is 6.42 Å². The molecule has 0 saturated carbocycles. The van der Waals surface area contributed by atoms with Crippen LogP contribution in [0.3, 0.4) is 0 Å². The highest BCUT2D eigenvalue weighted by molar-refractivity contribution is 5.27. The number of benzene rings is 1. The van der Waals surface area contributed by atoms with Crippen LogP contribution in [-0.2, 0) is 6.42 Å². The third-order valence-electron chi connectivity index (χ3n) is 2.18. The molecule has 1 radical (unpaired) electrons. The lowest BCUT2D eigenvalue weighted by Gasteiger charge is -2.02. The Hall–Kier alpha value is -1.42. The van der Waals surface area contributed by atoms with Crippen LogP contribution in [0.5, 0.6) is 5.75 Å². The first-order valence-corrected chi connectivity index (χ1v) is 4.89. The largest absolute Gasteiger partial charge is 0.497 e. The fraction of sp³-hybridized carbons (Fsp3) is 0.385. The van der Waals surface area contributed by atoms with Crippen molar-refractivity contribution in [2.24, 2.45) is 0 Å². The first-order chi connectivity index (χ1) is 6.86. The molecule has 0 atom stereocenters. The van der Waals surface area contributed by atoms with Crippen LogP contribution in [0.15, 0.2) is 24.3 Å². The van der Waals surface area contributed by atoms with E-state index in [0.717, 1.165) is 31.4 Å². The summed E-state index contributed by atoms with van der Waals surface area (Å²) in [5, 5.41) is 0. The molecule has 0 spiro atoms. The maximum absolute atomic E-state index is 6.77. The van der Waals surface area contributed by atoms with Gasteiger partial charge in [-0.3, -0.25) is 0 Å². The Kier molecular flexibility index (Phi) is 4.64. The Morgan fingerprint density at radius 2 is 1.93 bits per heavy atom. The molecular formula is C13H15O. The molecule has 0 aliphatic heterocycles. The summed E-state index contributed by atoms with van der Waals surface area (Å²) in [6.07, 6.45) is 10.8. The standard InChI is InChI=1S/C13H15O/c1-3-4-5-6-7-12-8-10-13(14-2)11-9-12/h8-11H,4-7H2,2H3. The molecule has 0 unspecified atom stereocenters. The van der Waals surface area contributed by atoms with E-state index in [1.54, 1.807) is 7.11 Å². The van der Waals surface area contributed by atoms with Crippen LogP contribution >= 0.6 is 0 Å². The summed E-state index contributed by atoms with van der Waals surface area (Å²) < 4.78 is 5.08. The second kappa shape index (κ2) is 6.10. The molecule has 0 N–H and O–H groups in total. The summed E-state index contributed by atoms with van der Waals surface area (Å²) in [5.41, 5.74) is 1.33. The molecule has 1 heteroatoms. The number of aryl methyl sites for hydroxylation is 1. The van der Waals surface area contributed by atoms with Gasteiger partial charge in [0.15, 0.2) is 0 Å². The number of methoxy groups -OCH3 is 1. The van der Waals surface area contributed by atoms with Gasteiger partial charge in [0.1, 0.15) is 5.75 Å². The molecular weight excluding hydrogens is 172 g/mol. The number of ether oxygens (including phenoxy) is 1. The van der Waals surface area contributed by atoms with Gasteiger partial charge >= 0.3 is 0 Å². The van der Waals surface area contributed by atoms with Crippen LogP contribution < -0.4 is 4.74 Å². The molecule has 0 fully saturated rings. The van der Waals surface area contributed by atoms with Crippen LogP contribution in [0.4, 0.5) is 0 Å². The fourth-order valence-corrected chi connectivity index (χ4v) is 1.33. The SMILES string of the molecule is [C]#CCCCCc1ccc(OC)cc1. The van der Waals surface area contributed by atoms with E-state index in [4.69, 9.17) is 11.2 Å². The lowest BCUT2D eigenvalue weighted by molar-refractivity contribution is 0.414. The van der Waals surface area contributed by atoms with E-state index in [9.17, 15) is 0 Å². The number of hydrogen-bond donors (Lipinski definition) is 0. The van der Waals surface area contributed by atoms with Gasteiger partial charge in [-0.1, -0.05) is 18.1 Å². The summed E-state index contributed by atoms with van der Waals surface area (Å²) in [7, 11) is 1.68. The molecule has 14 heavy (non-hydrogen) atoms. The Balaban J connectivity index is 2.33. The molecule has 0 aliphatic rings. The van der Waals surface area contributed by atoms with Crippen molar-refractivity contribution in [3.63, 3.8) is 0 Å². The van der Waals surface area contributed by atoms with Crippen LogP contribution in [0.25, 0.3) is 0 Å². The molecule has 73 valence electrons. The number of hydrogen-bond acceptors (Lipinski definition) is 1. The molecule has 1 nitrogen and oxygen atoms in total. The summed E-state index contributed by atoms with van der Waals surface area (Å²) in [6, 6.07) is 8.15. The minimum absolute atomic E-state index is 0.774. The molecule has 1 aromatic carbocycles. The average molecular weight is 187 g/mol. The van der Waals surface area contributed by atoms with Crippen molar-refractivity contribution in [1.82, 2.24) is 0 Å². The number of unbranched alkanes of at least 4 members (excludes halogenated alkanes) is 2. The summed E-state index contributed by atoms with van der Waals surface area (Å²) in [6.45, 7) is 0. The maximum Gasteiger partial charge on any atom is 0.118 e. The second-order valence-electron chi connectivity index (χ2n) is 3.23. The van der Waals surface area contributed by atoms with Gasteiger partial charge < -0.3 is 4.74 Å². The van der Waals surface area contributed by atoms with Crippen molar-refractivity contribution in [2.45, 2.75) is 25.7 Å². The summed E-state index contributed by atoms with van der Waals surface area (Å²) in [5.74, 6) is 3.31. The highest BCUT2D eigenvalue weighted by atomic mass is 16.5. The van der Waals surface area contributed by atoms with Crippen molar-refractivity contribution >= 4 is 0 Å². The van der Waals surface area contributed by atoms with E-state index in [1.807, 2.05) is 12.1 Å². The molecule has 0 saturated heterocycles.